The number of fused-ring (bicyclic) bond motifs is 3. The summed E-state index contributed by atoms with van der Waals surface area (Å²) in [6, 6.07) is 6.59. The molecule has 0 N–H and O–H groups in total. The van der Waals surface area contributed by atoms with Gasteiger partial charge in [0.1, 0.15) is 0 Å². The van der Waals surface area contributed by atoms with Gasteiger partial charge in [-0.1, -0.05) is 23.8 Å². The predicted octanol–water partition coefficient (Wildman–Crippen LogP) is 3.31. The highest BCUT2D eigenvalue weighted by Gasteiger charge is 2.28. The van der Waals surface area contributed by atoms with Crippen LogP contribution in [0.5, 0.6) is 0 Å². The van der Waals surface area contributed by atoms with Crippen molar-refractivity contribution in [1.82, 2.24) is 0 Å². The van der Waals surface area contributed by atoms with Crippen molar-refractivity contribution in [2.24, 2.45) is 0 Å². The van der Waals surface area contributed by atoms with Crippen molar-refractivity contribution in [3.63, 3.8) is 0 Å². The lowest BCUT2D eigenvalue weighted by Gasteiger charge is -2.31. The molecule has 0 saturated carbocycles. The van der Waals surface area contributed by atoms with E-state index in [-0.39, 0.29) is 0 Å². The van der Waals surface area contributed by atoms with Crippen molar-refractivity contribution in [2.45, 2.75) is 38.5 Å². The van der Waals surface area contributed by atoms with E-state index < -0.39 is 0 Å². The molecule has 2 aliphatic rings. The van der Waals surface area contributed by atoms with Crippen LogP contribution >= 0.6 is 0 Å². The summed E-state index contributed by atoms with van der Waals surface area (Å²) in [5.74, 6) is 0.851. The molecule has 1 atom stereocenters. The highest BCUT2D eigenvalue weighted by molar-refractivity contribution is 5.91. The van der Waals surface area contributed by atoms with E-state index in [1.807, 2.05) is 6.08 Å². The van der Waals surface area contributed by atoms with Gasteiger partial charge in [0, 0.05) is 12.3 Å². The third-order valence-corrected chi connectivity index (χ3v) is 3.96. The lowest BCUT2D eigenvalue weighted by atomic mass is 9.73. The highest BCUT2D eigenvalue weighted by Crippen LogP contribution is 2.41. The summed E-state index contributed by atoms with van der Waals surface area (Å²) in [4.78, 5) is 11.4. The average Bonchev–Trinajstić information content (AvgIpc) is 2.28. The van der Waals surface area contributed by atoms with E-state index >= 15 is 0 Å². The number of benzene rings is 1. The lowest BCUT2D eigenvalue weighted by molar-refractivity contribution is -0.115. The SMILES string of the molecule is Cc1cccc2c1CCC1=CC(=O)CCC12. The molecule has 0 saturated heterocycles. The number of hydrogen-bond donors (Lipinski definition) is 0. The second-order valence-corrected chi connectivity index (χ2v) is 4.92. The van der Waals surface area contributed by atoms with E-state index in [1.54, 1.807) is 0 Å². The monoisotopic (exact) mass is 212 g/mol. The van der Waals surface area contributed by atoms with E-state index in [0.717, 1.165) is 25.7 Å². The van der Waals surface area contributed by atoms with Crippen LogP contribution < -0.4 is 0 Å². The van der Waals surface area contributed by atoms with Gasteiger partial charge in [0.2, 0.25) is 0 Å². The molecule has 1 aromatic carbocycles. The van der Waals surface area contributed by atoms with Crippen LogP contribution in [-0.2, 0) is 11.2 Å². The molecular weight excluding hydrogens is 196 g/mol. The first-order valence-corrected chi connectivity index (χ1v) is 6.07. The maximum atomic E-state index is 11.4. The molecule has 1 unspecified atom stereocenters. The maximum absolute atomic E-state index is 11.4. The van der Waals surface area contributed by atoms with E-state index in [0.29, 0.717) is 11.7 Å². The quantitative estimate of drug-likeness (QED) is 0.644. The van der Waals surface area contributed by atoms with Crippen molar-refractivity contribution in [3.05, 3.63) is 46.5 Å². The molecule has 82 valence electrons. The van der Waals surface area contributed by atoms with Crippen molar-refractivity contribution in [2.75, 3.05) is 0 Å². The maximum Gasteiger partial charge on any atom is 0.155 e. The van der Waals surface area contributed by atoms with Gasteiger partial charge >= 0.3 is 0 Å². The highest BCUT2D eigenvalue weighted by atomic mass is 16.1. The van der Waals surface area contributed by atoms with Crippen molar-refractivity contribution in [3.8, 4) is 0 Å². The molecule has 16 heavy (non-hydrogen) atoms. The van der Waals surface area contributed by atoms with Crippen LogP contribution in [0.1, 0.15) is 41.9 Å². The van der Waals surface area contributed by atoms with Crippen LogP contribution in [0.4, 0.5) is 0 Å². The Hall–Kier alpha value is -1.37. The molecule has 0 fully saturated rings. The topological polar surface area (TPSA) is 17.1 Å². The van der Waals surface area contributed by atoms with Crippen molar-refractivity contribution in [1.29, 1.82) is 0 Å². The van der Waals surface area contributed by atoms with Crippen LogP contribution in [0.3, 0.4) is 0 Å². The Morgan fingerprint density at radius 3 is 2.94 bits per heavy atom. The van der Waals surface area contributed by atoms with E-state index in [4.69, 9.17) is 0 Å². The van der Waals surface area contributed by atoms with Gasteiger partial charge in [-0.2, -0.15) is 0 Å². The summed E-state index contributed by atoms with van der Waals surface area (Å²) in [7, 11) is 0. The van der Waals surface area contributed by atoms with Gasteiger partial charge in [0.05, 0.1) is 0 Å². The molecule has 0 aliphatic heterocycles. The van der Waals surface area contributed by atoms with Crippen LogP contribution in [0.25, 0.3) is 0 Å². The van der Waals surface area contributed by atoms with Crippen molar-refractivity contribution < 1.29 is 4.79 Å². The first-order chi connectivity index (χ1) is 7.75. The first kappa shape index (κ1) is 9.83. The van der Waals surface area contributed by atoms with E-state index in [1.165, 1.54) is 22.3 Å². The molecule has 3 rings (SSSR count). The second kappa shape index (κ2) is 3.58. The summed E-state index contributed by atoms with van der Waals surface area (Å²) in [5.41, 5.74) is 5.78. The zero-order valence-electron chi connectivity index (χ0n) is 9.62. The molecule has 0 radical (unpaired) electrons. The number of ketones is 1. The fraction of sp³-hybridized carbons (Fsp3) is 0.400. The predicted molar refractivity (Wildman–Crippen MR) is 64.6 cm³/mol. The standard InChI is InChI=1S/C15H16O/c1-10-3-2-4-15-13(10)7-5-11-9-12(16)6-8-14(11)15/h2-4,9,14H,5-8H2,1H3. The molecule has 0 aromatic heterocycles. The Morgan fingerprint density at radius 1 is 1.19 bits per heavy atom. The Bertz CT molecular complexity index is 482. The van der Waals surface area contributed by atoms with Gasteiger partial charge in [-0.25, -0.2) is 0 Å². The third-order valence-electron chi connectivity index (χ3n) is 3.96. The zero-order chi connectivity index (χ0) is 11.1. The summed E-state index contributed by atoms with van der Waals surface area (Å²) >= 11 is 0. The number of rotatable bonds is 0. The molecule has 1 heteroatoms. The van der Waals surface area contributed by atoms with E-state index in [2.05, 4.69) is 25.1 Å². The zero-order valence-corrected chi connectivity index (χ0v) is 9.62. The van der Waals surface area contributed by atoms with Crippen LogP contribution in [-0.4, -0.2) is 5.78 Å². The van der Waals surface area contributed by atoms with Gasteiger partial charge in [-0.3, -0.25) is 4.79 Å². The fourth-order valence-corrected chi connectivity index (χ4v) is 3.12. The molecule has 0 heterocycles. The van der Waals surface area contributed by atoms with Crippen LogP contribution in [0.2, 0.25) is 0 Å². The van der Waals surface area contributed by atoms with Gasteiger partial charge < -0.3 is 0 Å². The van der Waals surface area contributed by atoms with Gasteiger partial charge in [-0.15, -0.1) is 0 Å². The normalized spacial score (nSPS) is 23.4. The number of carbonyl (C=O) groups is 1. The fourth-order valence-electron chi connectivity index (χ4n) is 3.12. The number of hydrogen-bond acceptors (Lipinski definition) is 1. The molecule has 1 nitrogen and oxygen atoms in total. The molecule has 0 amide bonds. The number of aryl methyl sites for hydroxylation is 1. The molecular formula is C15H16O. The Balaban J connectivity index is 2.11. The molecule has 2 aliphatic carbocycles. The Labute approximate surface area is 96.2 Å². The Kier molecular flexibility index (Phi) is 2.20. The summed E-state index contributed by atoms with van der Waals surface area (Å²) in [6.07, 6.45) is 5.83. The van der Waals surface area contributed by atoms with Gasteiger partial charge in [0.15, 0.2) is 5.78 Å². The number of carbonyl (C=O) groups excluding carboxylic acids is 1. The van der Waals surface area contributed by atoms with Gasteiger partial charge in [-0.05, 0) is 49.0 Å². The van der Waals surface area contributed by atoms with Crippen LogP contribution in [0.15, 0.2) is 29.8 Å². The lowest BCUT2D eigenvalue weighted by Crippen LogP contribution is -2.19. The minimum absolute atomic E-state index is 0.322. The molecule has 1 aromatic rings. The molecule has 0 bridgehead atoms. The van der Waals surface area contributed by atoms with E-state index in [9.17, 15) is 4.79 Å². The third kappa shape index (κ3) is 1.42. The van der Waals surface area contributed by atoms with Crippen molar-refractivity contribution >= 4 is 5.78 Å². The summed E-state index contributed by atoms with van der Waals surface area (Å²) in [6.45, 7) is 2.20. The largest absolute Gasteiger partial charge is 0.295 e. The minimum atomic E-state index is 0.322. The Morgan fingerprint density at radius 2 is 2.06 bits per heavy atom. The number of allylic oxidation sites excluding steroid dienone is 2. The minimum Gasteiger partial charge on any atom is -0.295 e. The summed E-state index contributed by atoms with van der Waals surface area (Å²) < 4.78 is 0. The van der Waals surface area contributed by atoms with Crippen LogP contribution in [0, 0.1) is 6.92 Å². The smallest absolute Gasteiger partial charge is 0.155 e. The summed E-state index contributed by atoms with van der Waals surface area (Å²) in [5, 5.41) is 0. The van der Waals surface area contributed by atoms with Gasteiger partial charge in [0.25, 0.3) is 0 Å². The average molecular weight is 212 g/mol. The molecule has 0 spiro atoms. The second-order valence-electron chi connectivity index (χ2n) is 4.92. The first-order valence-electron chi connectivity index (χ1n) is 6.07.